The molecule has 26 heavy (non-hydrogen) atoms. The third-order valence-electron chi connectivity index (χ3n) is 3.53. The summed E-state index contributed by atoms with van der Waals surface area (Å²) in [4.78, 5) is 30.9. The smallest absolute Gasteiger partial charge is 0.280 e. The molecule has 132 valence electrons. The highest BCUT2D eigenvalue weighted by atomic mass is 35.5. The van der Waals surface area contributed by atoms with Gasteiger partial charge in [-0.15, -0.1) is 12.4 Å². The quantitative estimate of drug-likeness (QED) is 0.314. The van der Waals surface area contributed by atoms with Crippen LogP contribution in [0, 0.1) is 10.1 Å². The van der Waals surface area contributed by atoms with Crippen LogP contribution in [-0.2, 0) is 0 Å². The van der Waals surface area contributed by atoms with Crippen LogP contribution in [0.15, 0.2) is 59.6 Å². The Labute approximate surface area is 154 Å². The Hall–Kier alpha value is -3.52. The van der Waals surface area contributed by atoms with Crippen LogP contribution in [0.5, 0.6) is 0 Å². The number of pyridine rings is 1. The Bertz CT molecular complexity index is 1030. The van der Waals surface area contributed by atoms with Crippen molar-refractivity contribution in [3.05, 3.63) is 70.3 Å². The van der Waals surface area contributed by atoms with Gasteiger partial charge in [-0.05, 0) is 12.1 Å². The van der Waals surface area contributed by atoms with Crippen molar-refractivity contribution in [1.29, 1.82) is 0 Å². The average molecular weight is 372 g/mol. The van der Waals surface area contributed by atoms with Crippen LogP contribution in [0.2, 0.25) is 0 Å². The van der Waals surface area contributed by atoms with Crippen LogP contribution in [0.25, 0.3) is 22.2 Å². The van der Waals surface area contributed by atoms with E-state index in [-0.39, 0.29) is 29.6 Å². The molecule has 0 bridgehead atoms. The van der Waals surface area contributed by atoms with Gasteiger partial charge in [0.1, 0.15) is 0 Å². The van der Waals surface area contributed by atoms with E-state index in [4.69, 9.17) is 11.5 Å². The van der Waals surface area contributed by atoms with Crippen molar-refractivity contribution in [2.45, 2.75) is 0 Å². The number of nitrogens with two attached hydrogens (primary N) is 2. The van der Waals surface area contributed by atoms with Crippen LogP contribution < -0.4 is 11.5 Å². The summed E-state index contributed by atoms with van der Waals surface area (Å²) >= 11 is 0. The molecule has 0 aliphatic heterocycles. The van der Waals surface area contributed by atoms with Gasteiger partial charge in [0.15, 0.2) is 5.96 Å². The Morgan fingerprint density at radius 1 is 1.08 bits per heavy atom. The first-order chi connectivity index (χ1) is 12.0. The maximum Gasteiger partial charge on any atom is 0.280 e. The minimum absolute atomic E-state index is 0. The third kappa shape index (κ3) is 3.76. The first-order valence-corrected chi connectivity index (χ1v) is 7.24. The number of halogens is 1. The summed E-state index contributed by atoms with van der Waals surface area (Å²) in [6.07, 6.45) is 0. The van der Waals surface area contributed by atoms with Crippen molar-refractivity contribution in [1.82, 2.24) is 4.98 Å². The molecular weight excluding hydrogens is 358 g/mol. The lowest BCUT2D eigenvalue weighted by Crippen LogP contribution is -2.24. The molecule has 4 N–H and O–H groups in total. The second-order valence-electron chi connectivity index (χ2n) is 5.22. The van der Waals surface area contributed by atoms with Crippen LogP contribution in [0.4, 0.5) is 5.69 Å². The summed E-state index contributed by atoms with van der Waals surface area (Å²) in [7, 11) is 0. The molecule has 0 saturated carbocycles. The fourth-order valence-electron chi connectivity index (χ4n) is 2.46. The molecule has 0 unspecified atom stereocenters. The number of nitro groups is 1. The fourth-order valence-corrected chi connectivity index (χ4v) is 2.46. The van der Waals surface area contributed by atoms with E-state index in [1.807, 2.05) is 0 Å². The zero-order valence-corrected chi connectivity index (χ0v) is 14.1. The van der Waals surface area contributed by atoms with Gasteiger partial charge in [0.25, 0.3) is 11.6 Å². The van der Waals surface area contributed by atoms with Crippen LogP contribution in [0.1, 0.15) is 10.4 Å². The number of carbonyl (C=O) groups excluding carboxylic acids is 1. The maximum absolute atomic E-state index is 12.3. The fraction of sp³-hybridized carbons (Fsp3) is 0. The number of nitrogens with zero attached hydrogens (tertiary/aromatic N) is 3. The molecule has 9 heteroatoms. The number of hydrogen-bond donors (Lipinski definition) is 2. The van der Waals surface area contributed by atoms with E-state index in [2.05, 4.69) is 9.98 Å². The molecule has 0 fully saturated rings. The van der Waals surface area contributed by atoms with Crippen LogP contribution in [0.3, 0.4) is 0 Å². The lowest BCUT2D eigenvalue weighted by atomic mass is 10.0. The van der Waals surface area contributed by atoms with Crippen LogP contribution in [-0.4, -0.2) is 21.8 Å². The second-order valence-corrected chi connectivity index (χ2v) is 5.22. The van der Waals surface area contributed by atoms with Crippen molar-refractivity contribution < 1.29 is 9.72 Å². The molecule has 0 radical (unpaired) electrons. The highest BCUT2D eigenvalue weighted by Gasteiger charge is 2.15. The minimum atomic E-state index is -0.606. The topological polar surface area (TPSA) is 138 Å². The van der Waals surface area contributed by atoms with Crippen molar-refractivity contribution in [3.8, 4) is 11.3 Å². The molecule has 8 nitrogen and oxygen atoms in total. The van der Waals surface area contributed by atoms with E-state index in [9.17, 15) is 14.9 Å². The summed E-state index contributed by atoms with van der Waals surface area (Å²) in [5.74, 6) is -0.951. The molecular formula is C17H14ClN5O3. The van der Waals surface area contributed by atoms with Gasteiger partial charge in [0.05, 0.1) is 21.7 Å². The number of para-hydroxylation sites is 1. The molecule has 2 aromatic carbocycles. The molecule has 1 aromatic heterocycles. The number of amides is 1. The van der Waals surface area contributed by atoms with E-state index in [1.54, 1.807) is 36.4 Å². The second kappa shape index (κ2) is 7.58. The molecule has 1 amide bonds. The van der Waals surface area contributed by atoms with Gasteiger partial charge >= 0.3 is 0 Å². The Morgan fingerprint density at radius 2 is 1.81 bits per heavy atom. The van der Waals surface area contributed by atoms with Gasteiger partial charge in [-0.25, -0.2) is 4.98 Å². The summed E-state index contributed by atoms with van der Waals surface area (Å²) in [6.45, 7) is 0. The Morgan fingerprint density at radius 3 is 2.50 bits per heavy atom. The highest BCUT2D eigenvalue weighted by molar-refractivity contribution is 6.10. The molecule has 0 spiro atoms. The monoisotopic (exact) mass is 371 g/mol. The largest absolute Gasteiger partial charge is 0.370 e. The number of benzene rings is 2. The molecule has 0 atom stereocenters. The van der Waals surface area contributed by atoms with E-state index >= 15 is 0 Å². The first-order valence-electron chi connectivity index (χ1n) is 7.24. The summed E-state index contributed by atoms with van der Waals surface area (Å²) in [6, 6.07) is 14.6. The predicted molar refractivity (Wildman–Crippen MR) is 101 cm³/mol. The van der Waals surface area contributed by atoms with Crippen molar-refractivity contribution in [2.75, 3.05) is 0 Å². The third-order valence-corrected chi connectivity index (χ3v) is 3.53. The van der Waals surface area contributed by atoms with Gasteiger partial charge in [0.2, 0.25) is 0 Å². The number of nitro benzene ring substituents is 1. The number of rotatable bonds is 3. The standard InChI is InChI=1S/C17H13N5O3.ClH/c18-17(19)21-16(23)13-9-15(20-14-7-2-1-6-12(13)14)10-4-3-5-11(8-10)22(24)25;/h1-9H,(H4,18,19,21,23);1H. The van der Waals surface area contributed by atoms with Gasteiger partial charge in [-0.1, -0.05) is 30.3 Å². The zero-order valence-electron chi connectivity index (χ0n) is 13.3. The average Bonchev–Trinajstić information content (AvgIpc) is 2.60. The van der Waals surface area contributed by atoms with Crippen molar-refractivity contribution in [3.63, 3.8) is 0 Å². The lowest BCUT2D eigenvalue weighted by molar-refractivity contribution is -0.384. The SMILES string of the molecule is Cl.NC(N)=NC(=O)c1cc(-c2cccc([N+](=O)[O-])c2)nc2ccccc12. The summed E-state index contributed by atoms with van der Waals surface area (Å²) in [5, 5.41) is 11.6. The van der Waals surface area contributed by atoms with Crippen LogP contribution >= 0.6 is 12.4 Å². The number of fused-ring (bicyclic) bond motifs is 1. The molecule has 3 aromatic rings. The van der Waals surface area contributed by atoms with E-state index in [0.29, 0.717) is 22.2 Å². The number of carbonyl (C=O) groups is 1. The molecule has 1 heterocycles. The minimum Gasteiger partial charge on any atom is -0.370 e. The maximum atomic E-state index is 12.3. The molecule has 3 rings (SSSR count). The van der Waals surface area contributed by atoms with Gasteiger partial charge in [0, 0.05) is 23.1 Å². The molecule has 0 saturated heterocycles. The van der Waals surface area contributed by atoms with E-state index in [1.165, 1.54) is 18.2 Å². The van der Waals surface area contributed by atoms with E-state index in [0.717, 1.165) is 0 Å². The Kier molecular flexibility index (Phi) is 5.48. The van der Waals surface area contributed by atoms with Gasteiger partial charge < -0.3 is 11.5 Å². The predicted octanol–water partition coefficient (Wildman–Crippen LogP) is 2.65. The normalized spacial score (nSPS) is 10.0. The van der Waals surface area contributed by atoms with Gasteiger partial charge in [-0.3, -0.25) is 14.9 Å². The van der Waals surface area contributed by atoms with Gasteiger partial charge in [-0.2, -0.15) is 4.99 Å². The summed E-state index contributed by atoms with van der Waals surface area (Å²) < 4.78 is 0. The van der Waals surface area contributed by atoms with E-state index < -0.39 is 10.8 Å². The number of hydrogen-bond acceptors (Lipinski definition) is 4. The number of guanidine groups is 1. The summed E-state index contributed by atoms with van der Waals surface area (Å²) in [5.41, 5.74) is 12.3. The first kappa shape index (κ1) is 18.8. The Balaban J connectivity index is 0.00000243. The number of non-ortho nitro benzene ring substituents is 1. The van der Waals surface area contributed by atoms with Crippen molar-refractivity contribution in [2.24, 2.45) is 16.5 Å². The highest BCUT2D eigenvalue weighted by Crippen LogP contribution is 2.27. The number of aliphatic imine (C=N–C) groups is 1. The number of aromatic nitrogens is 1. The molecule has 0 aliphatic rings. The molecule has 0 aliphatic carbocycles. The zero-order chi connectivity index (χ0) is 18.0. The van der Waals surface area contributed by atoms with Crippen molar-refractivity contribution >= 4 is 40.9 Å². The lowest BCUT2D eigenvalue weighted by Gasteiger charge is -2.08.